The number of aryl methyl sites for hydroxylation is 1. The van der Waals surface area contributed by atoms with Gasteiger partial charge < -0.3 is 5.32 Å². The van der Waals surface area contributed by atoms with Gasteiger partial charge in [-0.2, -0.15) is 0 Å². The van der Waals surface area contributed by atoms with Gasteiger partial charge in [0.25, 0.3) is 0 Å². The van der Waals surface area contributed by atoms with E-state index in [0.717, 1.165) is 25.5 Å². The summed E-state index contributed by atoms with van der Waals surface area (Å²) in [5.74, 6) is 0.759. The Morgan fingerprint density at radius 2 is 2.27 bits per heavy atom. The molecule has 1 aromatic rings. The van der Waals surface area contributed by atoms with E-state index in [9.17, 15) is 0 Å². The zero-order chi connectivity index (χ0) is 8.10. The van der Waals surface area contributed by atoms with E-state index in [1.54, 1.807) is 4.68 Å². The summed E-state index contributed by atoms with van der Waals surface area (Å²) >= 11 is 0. The van der Waals surface area contributed by atoms with Crippen LogP contribution < -0.4 is 5.32 Å². The van der Waals surface area contributed by atoms with Gasteiger partial charge in [-0.05, 0) is 23.8 Å². The molecule has 0 spiro atoms. The van der Waals surface area contributed by atoms with Gasteiger partial charge in [-0.3, -0.25) is 0 Å². The number of hydrogen-bond acceptors (Lipinski definition) is 4. The number of rotatable bonds is 4. The highest BCUT2D eigenvalue weighted by Gasteiger charge is 2.00. The zero-order valence-electron chi connectivity index (χ0n) is 6.91. The molecule has 0 aromatic carbocycles. The van der Waals surface area contributed by atoms with Crippen LogP contribution in [0.3, 0.4) is 0 Å². The molecule has 62 valence electrons. The first kappa shape index (κ1) is 7.97. The fraction of sp³-hybridized carbons (Fsp3) is 0.833. The maximum absolute atomic E-state index is 3.82. The number of nitrogens with one attached hydrogen (secondary N) is 1. The quantitative estimate of drug-likeness (QED) is 0.688. The Hall–Kier alpha value is -1.13. The van der Waals surface area contributed by atoms with Crippen molar-refractivity contribution in [3.8, 4) is 0 Å². The standard InChI is InChI=1S/C6H13N5/c1-3-5-7-6-8-9-10-11(6)4-2/h3-5H2,1-2H3,(H,7,8,10). The topological polar surface area (TPSA) is 55.6 Å². The lowest BCUT2D eigenvalue weighted by Gasteiger charge is -2.01. The molecule has 0 aliphatic carbocycles. The molecule has 1 rings (SSSR count). The van der Waals surface area contributed by atoms with E-state index < -0.39 is 0 Å². The van der Waals surface area contributed by atoms with E-state index in [2.05, 4.69) is 27.8 Å². The normalized spacial score (nSPS) is 10.0. The van der Waals surface area contributed by atoms with Gasteiger partial charge in [0.1, 0.15) is 0 Å². The first-order valence-corrected chi connectivity index (χ1v) is 3.88. The van der Waals surface area contributed by atoms with Crippen LogP contribution in [0, 0.1) is 0 Å². The molecule has 5 heteroatoms. The second-order valence-electron chi connectivity index (χ2n) is 2.25. The molecule has 1 N–H and O–H groups in total. The van der Waals surface area contributed by atoms with Crippen LogP contribution >= 0.6 is 0 Å². The molecule has 0 saturated heterocycles. The van der Waals surface area contributed by atoms with Gasteiger partial charge in [0.05, 0.1) is 0 Å². The molecule has 11 heavy (non-hydrogen) atoms. The van der Waals surface area contributed by atoms with Crippen LogP contribution in [-0.4, -0.2) is 26.8 Å². The number of aromatic nitrogens is 4. The minimum absolute atomic E-state index is 0.759. The highest BCUT2D eigenvalue weighted by atomic mass is 15.6. The van der Waals surface area contributed by atoms with Crippen molar-refractivity contribution in [3.63, 3.8) is 0 Å². The van der Waals surface area contributed by atoms with Gasteiger partial charge in [-0.15, -0.1) is 0 Å². The van der Waals surface area contributed by atoms with E-state index in [4.69, 9.17) is 0 Å². The van der Waals surface area contributed by atoms with Crippen LogP contribution in [0.5, 0.6) is 0 Å². The monoisotopic (exact) mass is 155 g/mol. The lowest BCUT2D eigenvalue weighted by atomic mass is 10.5. The molecular formula is C6H13N5. The summed E-state index contributed by atoms with van der Waals surface area (Å²) in [6, 6.07) is 0. The molecule has 0 aliphatic rings. The third-order valence-corrected chi connectivity index (χ3v) is 1.36. The van der Waals surface area contributed by atoms with Gasteiger partial charge >= 0.3 is 0 Å². The first-order valence-electron chi connectivity index (χ1n) is 3.88. The molecule has 1 heterocycles. The molecule has 1 aromatic heterocycles. The molecule has 0 saturated carbocycles. The van der Waals surface area contributed by atoms with Crippen molar-refractivity contribution in [1.29, 1.82) is 0 Å². The van der Waals surface area contributed by atoms with E-state index in [-0.39, 0.29) is 0 Å². The van der Waals surface area contributed by atoms with Crippen molar-refractivity contribution < 1.29 is 0 Å². The van der Waals surface area contributed by atoms with E-state index >= 15 is 0 Å². The van der Waals surface area contributed by atoms with Gasteiger partial charge in [0, 0.05) is 13.1 Å². The van der Waals surface area contributed by atoms with E-state index in [0.29, 0.717) is 0 Å². The fourth-order valence-corrected chi connectivity index (χ4v) is 0.781. The fourth-order valence-electron chi connectivity index (χ4n) is 0.781. The molecule has 0 unspecified atom stereocenters. The van der Waals surface area contributed by atoms with Crippen molar-refractivity contribution >= 4 is 5.95 Å². The minimum Gasteiger partial charge on any atom is -0.353 e. The van der Waals surface area contributed by atoms with Gasteiger partial charge in [0.2, 0.25) is 5.95 Å². The van der Waals surface area contributed by atoms with Crippen LogP contribution in [-0.2, 0) is 6.54 Å². The Morgan fingerprint density at radius 1 is 1.45 bits per heavy atom. The minimum atomic E-state index is 0.759. The van der Waals surface area contributed by atoms with Crippen molar-refractivity contribution in [3.05, 3.63) is 0 Å². The third kappa shape index (κ3) is 1.89. The second-order valence-corrected chi connectivity index (χ2v) is 2.25. The van der Waals surface area contributed by atoms with Crippen molar-refractivity contribution in [2.45, 2.75) is 26.8 Å². The number of anilines is 1. The van der Waals surface area contributed by atoms with Crippen molar-refractivity contribution in [2.24, 2.45) is 0 Å². The summed E-state index contributed by atoms with van der Waals surface area (Å²) < 4.78 is 1.73. The molecule has 0 fully saturated rings. The highest BCUT2D eigenvalue weighted by Crippen LogP contribution is 1.97. The molecule has 0 amide bonds. The summed E-state index contributed by atoms with van der Waals surface area (Å²) in [4.78, 5) is 0. The average Bonchev–Trinajstić information content (AvgIpc) is 2.47. The van der Waals surface area contributed by atoms with Crippen molar-refractivity contribution in [1.82, 2.24) is 20.2 Å². The van der Waals surface area contributed by atoms with Gasteiger partial charge in [0.15, 0.2) is 0 Å². The first-order chi connectivity index (χ1) is 5.38. The Morgan fingerprint density at radius 3 is 2.91 bits per heavy atom. The third-order valence-electron chi connectivity index (χ3n) is 1.36. The Labute approximate surface area is 65.8 Å². The van der Waals surface area contributed by atoms with Gasteiger partial charge in [-0.25, -0.2) is 4.68 Å². The summed E-state index contributed by atoms with van der Waals surface area (Å²) in [5, 5.41) is 14.3. The van der Waals surface area contributed by atoms with Crippen LogP contribution in [0.25, 0.3) is 0 Å². The number of hydrogen-bond donors (Lipinski definition) is 1. The molecule has 0 atom stereocenters. The van der Waals surface area contributed by atoms with Crippen LogP contribution in [0.15, 0.2) is 0 Å². The predicted molar refractivity (Wildman–Crippen MR) is 42.3 cm³/mol. The molecule has 0 radical (unpaired) electrons. The van der Waals surface area contributed by atoms with Crippen LogP contribution in [0.1, 0.15) is 20.3 Å². The summed E-state index contributed by atoms with van der Waals surface area (Å²) in [7, 11) is 0. The van der Waals surface area contributed by atoms with E-state index in [1.165, 1.54) is 0 Å². The Kier molecular flexibility index (Phi) is 2.83. The van der Waals surface area contributed by atoms with Crippen LogP contribution in [0.4, 0.5) is 5.95 Å². The second kappa shape index (κ2) is 3.90. The average molecular weight is 155 g/mol. The number of tetrazole rings is 1. The largest absolute Gasteiger partial charge is 0.353 e. The smallest absolute Gasteiger partial charge is 0.242 e. The number of nitrogens with zero attached hydrogens (tertiary/aromatic N) is 4. The lowest BCUT2D eigenvalue weighted by molar-refractivity contribution is 0.629. The van der Waals surface area contributed by atoms with Crippen molar-refractivity contribution in [2.75, 3.05) is 11.9 Å². The summed E-state index contributed by atoms with van der Waals surface area (Å²) in [6.45, 7) is 5.83. The molecule has 5 nitrogen and oxygen atoms in total. The maximum Gasteiger partial charge on any atom is 0.242 e. The Bertz CT molecular complexity index is 206. The Balaban J connectivity index is 2.54. The lowest BCUT2D eigenvalue weighted by Crippen LogP contribution is -2.08. The van der Waals surface area contributed by atoms with Gasteiger partial charge in [-0.1, -0.05) is 12.0 Å². The molecule has 0 aliphatic heterocycles. The summed E-state index contributed by atoms with van der Waals surface area (Å²) in [6.07, 6.45) is 1.08. The molecule has 0 bridgehead atoms. The predicted octanol–water partition coefficient (Wildman–Crippen LogP) is 0.515. The zero-order valence-corrected chi connectivity index (χ0v) is 6.91. The summed E-state index contributed by atoms with van der Waals surface area (Å²) in [5.41, 5.74) is 0. The van der Waals surface area contributed by atoms with Crippen LogP contribution in [0.2, 0.25) is 0 Å². The molecular weight excluding hydrogens is 142 g/mol. The van der Waals surface area contributed by atoms with E-state index in [1.807, 2.05) is 6.92 Å². The maximum atomic E-state index is 3.82. The SMILES string of the molecule is CCCNc1nnnn1CC. The highest BCUT2D eigenvalue weighted by molar-refractivity contribution is 5.20.